The second-order valence-electron chi connectivity index (χ2n) is 6.32. The van der Waals surface area contributed by atoms with Crippen LogP contribution in [0, 0.1) is 5.92 Å². The first-order chi connectivity index (χ1) is 11.7. The van der Waals surface area contributed by atoms with Gasteiger partial charge in [-0.2, -0.15) is 5.10 Å². The first-order valence-electron chi connectivity index (χ1n) is 8.96. The molecule has 0 saturated carbocycles. The molecule has 2 heterocycles. The van der Waals surface area contributed by atoms with Crippen LogP contribution in [0.3, 0.4) is 0 Å². The van der Waals surface area contributed by atoms with Crippen LogP contribution in [0.4, 0.5) is 0 Å². The maximum absolute atomic E-state index is 11.6. The van der Waals surface area contributed by atoms with Crippen molar-refractivity contribution in [3.8, 4) is 0 Å². The monoisotopic (exact) mass is 462 g/mol. The van der Waals surface area contributed by atoms with E-state index in [9.17, 15) is 4.79 Å². The number of nitrogens with zero attached hydrogens (tertiary/aromatic N) is 4. The van der Waals surface area contributed by atoms with Crippen molar-refractivity contribution in [3.05, 3.63) is 18.5 Å². The summed E-state index contributed by atoms with van der Waals surface area (Å²) in [6.45, 7) is 9.26. The molecule has 7 nitrogen and oxygen atoms in total. The molecule has 1 aliphatic heterocycles. The molecule has 1 aromatic heterocycles. The van der Waals surface area contributed by atoms with Gasteiger partial charge in [-0.25, -0.2) is 0 Å². The smallest absolute Gasteiger partial charge is 0.222 e. The van der Waals surface area contributed by atoms with E-state index in [-0.39, 0.29) is 24.0 Å². The molecule has 1 aliphatic rings. The molecule has 1 aromatic rings. The second kappa shape index (κ2) is 12.1. The van der Waals surface area contributed by atoms with Crippen LogP contribution in [0.25, 0.3) is 0 Å². The van der Waals surface area contributed by atoms with E-state index in [1.54, 1.807) is 6.20 Å². The zero-order chi connectivity index (χ0) is 17.2. The highest BCUT2D eigenvalue weighted by Gasteiger charge is 2.18. The predicted molar refractivity (Wildman–Crippen MR) is 111 cm³/mol. The van der Waals surface area contributed by atoms with E-state index in [0.717, 1.165) is 58.1 Å². The van der Waals surface area contributed by atoms with E-state index in [2.05, 4.69) is 34.6 Å². The Morgan fingerprint density at radius 1 is 1.44 bits per heavy atom. The molecule has 1 amide bonds. The standard InChI is InChI=1S/C17H30N6O.HI/c1-3-18-17(19-8-5-11-22-10-4-7-16(22)24)20-13-15(2)14-23-12-6-9-21-23;/h6,9,12,15H,3-5,7-8,10-11,13-14H2,1-2H3,(H2,18,19,20);1H. The highest BCUT2D eigenvalue weighted by atomic mass is 127. The van der Waals surface area contributed by atoms with Crippen LogP contribution in [-0.4, -0.2) is 59.3 Å². The summed E-state index contributed by atoms with van der Waals surface area (Å²) in [5.41, 5.74) is 0. The molecule has 1 atom stereocenters. The van der Waals surface area contributed by atoms with Gasteiger partial charge in [-0.05, 0) is 31.7 Å². The van der Waals surface area contributed by atoms with Crippen molar-refractivity contribution in [1.29, 1.82) is 0 Å². The number of guanidine groups is 1. The summed E-state index contributed by atoms with van der Waals surface area (Å²) in [5, 5.41) is 10.9. The lowest BCUT2D eigenvalue weighted by Crippen LogP contribution is -2.39. The van der Waals surface area contributed by atoms with Gasteiger partial charge in [0.15, 0.2) is 5.96 Å². The van der Waals surface area contributed by atoms with E-state index in [1.807, 2.05) is 21.8 Å². The number of likely N-dealkylation sites (tertiary alicyclic amines) is 1. The molecule has 0 spiro atoms. The summed E-state index contributed by atoms with van der Waals surface area (Å²) in [6.07, 6.45) is 6.44. The van der Waals surface area contributed by atoms with Crippen molar-refractivity contribution in [1.82, 2.24) is 25.3 Å². The van der Waals surface area contributed by atoms with Gasteiger partial charge in [0.25, 0.3) is 0 Å². The predicted octanol–water partition coefficient (Wildman–Crippen LogP) is 1.70. The number of carbonyl (C=O) groups excluding carboxylic acids is 1. The molecular formula is C17H31IN6O. The van der Waals surface area contributed by atoms with Gasteiger partial charge in [0.1, 0.15) is 0 Å². The third-order valence-electron chi connectivity index (χ3n) is 4.03. The first-order valence-corrected chi connectivity index (χ1v) is 8.96. The Labute approximate surface area is 167 Å². The molecule has 142 valence electrons. The first kappa shape index (κ1) is 21.7. The average molecular weight is 462 g/mol. The molecular weight excluding hydrogens is 431 g/mol. The van der Waals surface area contributed by atoms with Gasteiger partial charge < -0.3 is 15.5 Å². The SMILES string of the molecule is CCNC(=NCC(C)Cn1cccn1)NCCCN1CCCC1=O.I. The Balaban J connectivity index is 0.00000312. The molecule has 25 heavy (non-hydrogen) atoms. The van der Waals surface area contributed by atoms with E-state index in [1.165, 1.54) is 0 Å². The third-order valence-corrected chi connectivity index (χ3v) is 4.03. The molecule has 1 unspecified atom stereocenters. The van der Waals surface area contributed by atoms with Crippen molar-refractivity contribution in [2.45, 2.75) is 39.7 Å². The number of aliphatic imine (C=N–C) groups is 1. The Hall–Kier alpha value is -1.32. The van der Waals surface area contributed by atoms with E-state index in [4.69, 9.17) is 0 Å². The van der Waals surface area contributed by atoms with Gasteiger partial charge in [0, 0.05) is 58.1 Å². The summed E-state index contributed by atoms with van der Waals surface area (Å²) in [5.74, 6) is 1.56. The lowest BCUT2D eigenvalue weighted by Gasteiger charge is -2.17. The van der Waals surface area contributed by atoms with Gasteiger partial charge in [-0.3, -0.25) is 14.5 Å². The zero-order valence-electron chi connectivity index (χ0n) is 15.3. The third kappa shape index (κ3) is 8.06. The lowest BCUT2D eigenvalue weighted by atomic mass is 10.2. The Bertz CT molecular complexity index is 519. The average Bonchev–Trinajstić information content (AvgIpc) is 3.21. The lowest BCUT2D eigenvalue weighted by molar-refractivity contribution is -0.127. The van der Waals surface area contributed by atoms with Crippen LogP contribution in [0.2, 0.25) is 0 Å². The fraction of sp³-hybridized carbons (Fsp3) is 0.706. The maximum atomic E-state index is 11.6. The summed E-state index contributed by atoms with van der Waals surface area (Å²) < 4.78 is 1.94. The minimum absolute atomic E-state index is 0. The summed E-state index contributed by atoms with van der Waals surface area (Å²) in [4.78, 5) is 18.2. The van der Waals surface area contributed by atoms with Crippen LogP contribution in [0.15, 0.2) is 23.5 Å². The molecule has 0 aliphatic carbocycles. The highest BCUT2D eigenvalue weighted by molar-refractivity contribution is 14.0. The molecule has 0 bridgehead atoms. The number of carbonyl (C=O) groups is 1. The van der Waals surface area contributed by atoms with Crippen LogP contribution in [-0.2, 0) is 11.3 Å². The minimum Gasteiger partial charge on any atom is -0.357 e. The van der Waals surface area contributed by atoms with Crippen LogP contribution >= 0.6 is 24.0 Å². The van der Waals surface area contributed by atoms with Crippen molar-refractivity contribution in [2.24, 2.45) is 10.9 Å². The maximum Gasteiger partial charge on any atom is 0.222 e. The molecule has 1 fully saturated rings. The number of nitrogens with one attached hydrogen (secondary N) is 2. The Kier molecular flexibility index (Phi) is 10.5. The fourth-order valence-corrected chi connectivity index (χ4v) is 2.79. The number of halogens is 1. The molecule has 0 radical (unpaired) electrons. The molecule has 2 rings (SSSR count). The largest absolute Gasteiger partial charge is 0.357 e. The number of amides is 1. The van der Waals surface area contributed by atoms with Crippen LogP contribution in [0.5, 0.6) is 0 Å². The minimum atomic E-state index is 0. The Morgan fingerprint density at radius 3 is 2.92 bits per heavy atom. The van der Waals surface area contributed by atoms with Crippen molar-refractivity contribution in [3.63, 3.8) is 0 Å². The highest BCUT2D eigenvalue weighted by Crippen LogP contribution is 2.09. The van der Waals surface area contributed by atoms with Crippen molar-refractivity contribution >= 4 is 35.8 Å². The number of hydrogen-bond acceptors (Lipinski definition) is 3. The fourth-order valence-electron chi connectivity index (χ4n) is 2.79. The number of rotatable bonds is 9. The molecule has 2 N–H and O–H groups in total. The Morgan fingerprint density at radius 2 is 2.28 bits per heavy atom. The van der Waals surface area contributed by atoms with Crippen molar-refractivity contribution in [2.75, 3.05) is 32.7 Å². The second-order valence-corrected chi connectivity index (χ2v) is 6.32. The van der Waals surface area contributed by atoms with E-state index >= 15 is 0 Å². The normalized spacial score (nSPS) is 15.8. The quantitative estimate of drug-likeness (QED) is 0.254. The van der Waals surface area contributed by atoms with Gasteiger partial charge in [-0.1, -0.05) is 6.92 Å². The summed E-state index contributed by atoms with van der Waals surface area (Å²) in [7, 11) is 0. The summed E-state index contributed by atoms with van der Waals surface area (Å²) in [6, 6.07) is 1.94. The molecule has 0 aromatic carbocycles. The van der Waals surface area contributed by atoms with Crippen LogP contribution < -0.4 is 10.6 Å². The summed E-state index contributed by atoms with van der Waals surface area (Å²) >= 11 is 0. The van der Waals surface area contributed by atoms with Gasteiger partial charge in [0.05, 0.1) is 0 Å². The van der Waals surface area contributed by atoms with E-state index in [0.29, 0.717) is 18.2 Å². The van der Waals surface area contributed by atoms with Gasteiger partial charge >= 0.3 is 0 Å². The van der Waals surface area contributed by atoms with E-state index < -0.39 is 0 Å². The zero-order valence-corrected chi connectivity index (χ0v) is 17.6. The molecule has 1 saturated heterocycles. The number of hydrogen-bond donors (Lipinski definition) is 2. The van der Waals surface area contributed by atoms with Gasteiger partial charge in [-0.15, -0.1) is 24.0 Å². The van der Waals surface area contributed by atoms with Gasteiger partial charge in [0.2, 0.25) is 5.91 Å². The van der Waals surface area contributed by atoms with Crippen molar-refractivity contribution < 1.29 is 4.79 Å². The van der Waals surface area contributed by atoms with Crippen LogP contribution in [0.1, 0.15) is 33.1 Å². The topological polar surface area (TPSA) is 74.6 Å². The molecule has 8 heteroatoms. The number of aromatic nitrogens is 2.